The standard InChI is InChI=1S/C39H50ClN3O6/c1-9-20-41(27-16-18-28(19-17-27)48-12-4)35(45)31-32-36(46)43(30(23-44)24(5)11-3)34(39(32)22-26(7)38(31,8)49-39)37(47)42(21-10-2)33-25(6)14-13-15-29(33)40/h9-10,13-19,24,26,30-32,34,44H,1-2,11-12,20-23H2,3-8H3/t24-,26?,30-,31-,32-,34?,38+,39?/m0/s1. The Kier molecular flexibility index (Phi) is 10.7. The Hall–Kier alpha value is -3.66. The Morgan fingerprint density at radius 2 is 1.78 bits per heavy atom. The van der Waals surface area contributed by atoms with Gasteiger partial charge in [-0.3, -0.25) is 14.4 Å². The maximum Gasteiger partial charge on any atom is 0.253 e. The number of hydrogen-bond donors (Lipinski definition) is 1. The molecule has 2 aromatic carbocycles. The summed E-state index contributed by atoms with van der Waals surface area (Å²) in [5.74, 6) is -2.50. The van der Waals surface area contributed by atoms with E-state index in [-0.39, 0.29) is 49.3 Å². The lowest BCUT2D eigenvalue weighted by Crippen LogP contribution is -2.60. The number of hydrogen-bond acceptors (Lipinski definition) is 6. The van der Waals surface area contributed by atoms with Gasteiger partial charge < -0.3 is 29.3 Å². The molecule has 3 unspecified atom stereocenters. The van der Waals surface area contributed by atoms with E-state index in [1.54, 1.807) is 32.9 Å². The third kappa shape index (κ3) is 5.87. The fourth-order valence-corrected chi connectivity index (χ4v) is 8.87. The van der Waals surface area contributed by atoms with Gasteiger partial charge in [-0.05, 0) is 74.9 Å². The number of amides is 3. The quantitative estimate of drug-likeness (QED) is 0.237. The van der Waals surface area contributed by atoms with Crippen LogP contribution in [0.1, 0.15) is 53.0 Å². The van der Waals surface area contributed by atoms with E-state index in [4.69, 9.17) is 21.1 Å². The summed E-state index contributed by atoms with van der Waals surface area (Å²) in [6, 6.07) is 10.9. The van der Waals surface area contributed by atoms with Gasteiger partial charge in [0.15, 0.2) is 0 Å². The highest BCUT2D eigenvalue weighted by atomic mass is 35.5. The topological polar surface area (TPSA) is 99.6 Å². The number of ether oxygens (including phenoxy) is 2. The maximum absolute atomic E-state index is 15.2. The van der Waals surface area contributed by atoms with Gasteiger partial charge in [0, 0.05) is 18.8 Å². The molecular formula is C39H50ClN3O6. The number of nitrogens with zero attached hydrogens (tertiary/aromatic N) is 3. The van der Waals surface area contributed by atoms with Crippen LogP contribution >= 0.6 is 11.6 Å². The summed E-state index contributed by atoms with van der Waals surface area (Å²) in [4.78, 5) is 50.0. The number of carbonyl (C=O) groups is 3. The van der Waals surface area contributed by atoms with Crippen LogP contribution in [0.15, 0.2) is 67.8 Å². The minimum Gasteiger partial charge on any atom is -0.494 e. The molecule has 9 nitrogen and oxygen atoms in total. The molecule has 3 heterocycles. The van der Waals surface area contributed by atoms with E-state index in [2.05, 4.69) is 13.2 Å². The highest BCUT2D eigenvalue weighted by Gasteiger charge is 2.80. The van der Waals surface area contributed by atoms with Crippen LogP contribution in [0.3, 0.4) is 0 Å². The van der Waals surface area contributed by atoms with Crippen molar-refractivity contribution in [2.75, 3.05) is 36.1 Å². The van der Waals surface area contributed by atoms with Crippen molar-refractivity contribution in [3.05, 3.63) is 78.4 Å². The Morgan fingerprint density at radius 3 is 2.35 bits per heavy atom. The molecule has 3 aliphatic heterocycles. The average molecular weight is 692 g/mol. The van der Waals surface area contributed by atoms with Gasteiger partial charge in [0.1, 0.15) is 17.4 Å². The molecule has 1 N–H and O–H groups in total. The molecule has 10 heteroatoms. The lowest BCUT2D eigenvalue weighted by atomic mass is 9.62. The van der Waals surface area contributed by atoms with Crippen molar-refractivity contribution in [2.45, 2.75) is 77.7 Å². The molecule has 5 rings (SSSR count). The predicted molar refractivity (Wildman–Crippen MR) is 193 cm³/mol. The van der Waals surface area contributed by atoms with Crippen LogP contribution < -0.4 is 14.5 Å². The Morgan fingerprint density at radius 1 is 1.12 bits per heavy atom. The van der Waals surface area contributed by atoms with Crippen LogP contribution in [0.2, 0.25) is 5.02 Å². The largest absolute Gasteiger partial charge is 0.494 e. The number of likely N-dealkylation sites (tertiary alicyclic amines) is 1. The first-order chi connectivity index (χ1) is 23.4. The number of halogens is 1. The number of carbonyl (C=O) groups excluding carboxylic acids is 3. The first kappa shape index (κ1) is 36.6. The molecule has 49 heavy (non-hydrogen) atoms. The zero-order chi connectivity index (χ0) is 35.8. The average Bonchev–Trinajstić information content (AvgIpc) is 3.59. The fraction of sp³-hybridized carbons (Fsp3) is 0.513. The normalized spacial score (nSPS) is 28.2. The number of aliphatic hydroxyl groups excluding tert-OH is 1. The van der Waals surface area contributed by atoms with Gasteiger partial charge in [-0.25, -0.2) is 0 Å². The molecule has 2 aromatic rings. The van der Waals surface area contributed by atoms with E-state index in [0.717, 1.165) is 5.56 Å². The second kappa shape index (κ2) is 14.3. The molecule has 3 amide bonds. The van der Waals surface area contributed by atoms with Crippen LogP contribution in [-0.4, -0.2) is 77.3 Å². The fourth-order valence-electron chi connectivity index (χ4n) is 8.55. The monoisotopic (exact) mass is 691 g/mol. The molecule has 8 atom stereocenters. The van der Waals surface area contributed by atoms with Crippen LogP contribution in [0, 0.1) is 30.6 Å². The number of rotatable bonds is 14. The molecule has 0 aromatic heterocycles. The highest BCUT2D eigenvalue weighted by Crippen LogP contribution is 2.66. The molecule has 3 fully saturated rings. The molecule has 1 spiro atoms. The SMILES string of the molecule is C=CCN(C(=O)[C@@H]1[C@H]2C(=O)N([C@@H](CO)[C@@H](C)CC)C(C(=O)N(CC=C)c3c(C)cccc3Cl)C23CC(C)[C@@]1(C)O3)c1ccc(OCC)cc1. The zero-order valence-corrected chi connectivity index (χ0v) is 30.3. The van der Waals surface area contributed by atoms with Crippen molar-refractivity contribution >= 4 is 40.7 Å². The van der Waals surface area contributed by atoms with Gasteiger partial charge in [-0.1, -0.05) is 63.1 Å². The minimum absolute atomic E-state index is 0.135. The molecule has 264 valence electrons. The van der Waals surface area contributed by atoms with Gasteiger partial charge in [0.25, 0.3) is 5.91 Å². The maximum atomic E-state index is 15.2. The number of anilines is 2. The van der Waals surface area contributed by atoms with Crippen LogP contribution in [0.25, 0.3) is 0 Å². The third-order valence-corrected chi connectivity index (χ3v) is 11.5. The third-order valence-electron chi connectivity index (χ3n) is 11.2. The Bertz CT molecular complexity index is 1580. The van der Waals surface area contributed by atoms with Crippen LogP contribution in [0.4, 0.5) is 11.4 Å². The molecule has 3 aliphatic rings. The van der Waals surface area contributed by atoms with Gasteiger partial charge in [-0.15, -0.1) is 13.2 Å². The first-order valence-electron chi connectivity index (χ1n) is 17.3. The lowest BCUT2D eigenvalue weighted by molar-refractivity contribution is -0.150. The summed E-state index contributed by atoms with van der Waals surface area (Å²) in [6.45, 7) is 20.0. The number of aryl methyl sites for hydroxylation is 1. The molecule has 3 saturated heterocycles. The second-order valence-electron chi connectivity index (χ2n) is 13.9. The summed E-state index contributed by atoms with van der Waals surface area (Å²) in [6.07, 6.45) is 4.34. The highest BCUT2D eigenvalue weighted by molar-refractivity contribution is 6.34. The second-order valence-corrected chi connectivity index (χ2v) is 14.3. The van der Waals surface area contributed by atoms with Crippen molar-refractivity contribution in [3.8, 4) is 5.75 Å². The van der Waals surface area contributed by atoms with E-state index >= 15 is 9.59 Å². The van der Waals surface area contributed by atoms with Crippen molar-refractivity contribution in [2.24, 2.45) is 23.7 Å². The Balaban J connectivity index is 1.68. The molecular weight excluding hydrogens is 642 g/mol. The molecule has 0 radical (unpaired) electrons. The van der Waals surface area contributed by atoms with Gasteiger partial charge in [-0.2, -0.15) is 0 Å². The summed E-state index contributed by atoms with van der Waals surface area (Å²) in [7, 11) is 0. The van der Waals surface area contributed by atoms with E-state index in [1.165, 1.54) is 0 Å². The molecule has 0 saturated carbocycles. The van der Waals surface area contributed by atoms with Gasteiger partial charge in [0.05, 0.1) is 47.4 Å². The Labute approximate surface area is 295 Å². The van der Waals surface area contributed by atoms with Crippen LogP contribution in [-0.2, 0) is 19.1 Å². The van der Waals surface area contributed by atoms with Crippen LogP contribution in [0.5, 0.6) is 5.75 Å². The smallest absolute Gasteiger partial charge is 0.253 e. The van der Waals surface area contributed by atoms with Gasteiger partial charge >= 0.3 is 0 Å². The van der Waals surface area contributed by atoms with Crippen molar-refractivity contribution in [1.29, 1.82) is 0 Å². The summed E-state index contributed by atoms with van der Waals surface area (Å²) >= 11 is 6.74. The van der Waals surface area contributed by atoms with Crippen molar-refractivity contribution in [3.63, 3.8) is 0 Å². The van der Waals surface area contributed by atoms with E-state index in [1.807, 2.05) is 77.9 Å². The lowest BCUT2D eigenvalue weighted by Gasteiger charge is -2.41. The first-order valence-corrected chi connectivity index (χ1v) is 17.7. The molecule has 0 aliphatic carbocycles. The zero-order valence-electron chi connectivity index (χ0n) is 29.5. The molecule has 2 bridgehead atoms. The minimum atomic E-state index is -1.32. The van der Waals surface area contributed by atoms with E-state index in [0.29, 0.717) is 41.6 Å². The van der Waals surface area contributed by atoms with Gasteiger partial charge in [0.2, 0.25) is 11.8 Å². The number of aliphatic hydroxyl groups is 1. The van der Waals surface area contributed by atoms with Crippen molar-refractivity contribution < 1.29 is 29.0 Å². The number of fused-ring (bicyclic) bond motifs is 1. The summed E-state index contributed by atoms with van der Waals surface area (Å²) < 4.78 is 12.7. The summed E-state index contributed by atoms with van der Waals surface area (Å²) in [5, 5.41) is 11.2. The van der Waals surface area contributed by atoms with E-state index in [9.17, 15) is 9.90 Å². The van der Waals surface area contributed by atoms with E-state index < -0.39 is 35.1 Å². The summed E-state index contributed by atoms with van der Waals surface area (Å²) in [5.41, 5.74) is -0.417. The number of para-hydroxylation sites is 1. The van der Waals surface area contributed by atoms with Crippen molar-refractivity contribution in [1.82, 2.24) is 4.90 Å². The number of benzene rings is 2. The predicted octanol–water partition coefficient (Wildman–Crippen LogP) is 6.20.